The Balaban J connectivity index is 1.73. The van der Waals surface area contributed by atoms with Gasteiger partial charge in [-0.25, -0.2) is 0 Å². The Bertz CT molecular complexity index is 381. The second kappa shape index (κ2) is 5.37. The van der Waals surface area contributed by atoms with Gasteiger partial charge in [-0.15, -0.1) is 0 Å². The summed E-state index contributed by atoms with van der Waals surface area (Å²) < 4.78 is 21.8. The van der Waals surface area contributed by atoms with Crippen LogP contribution in [0.15, 0.2) is 0 Å². The molecule has 9 nitrogen and oxygen atoms in total. The van der Waals surface area contributed by atoms with Crippen LogP contribution in [0.2, 0.25) is 0 Å². The average molecular weight is 308 g/mol. The average Bonchev–Trinajstić information content (AvgIpc) is 2.73. The van der Waals surface area contributed by atoms with Crippen LogP contribution in [0.25, 0.3) is 0 Å². The molecule has 0 saturated carbocycles. The third-order valence-electron chi connectivity index (χ3n) is 4.30. The Morgan fingerprint density at radius 1 is 0.905 bits per heavy atom. The molecule has 0 bridgehead atoms. The van der Waals surface area contributed by atoms with Gasteiger partial charge in [0.2, 0.25) is 11.6 Å². The molecule has 2 spiro atoms. The summed E-state index contributed by atoms with van der Waals surface area (Å²) in [5.74, 6) is -3.14. The fourth-order valence-corrected chi connectivity index (χ4v) is 2.91. The molecule has 3 heterocycles. The molecule has 0 unspecified atom stereocenters. The first-order chi connectivity index (χ1) is 9.94. The van der Waals surface area contributed by atoms with E-state index in [4.69, 9.17) is 24.1 Å². The van der Waals surface area contributed by atoms with Crippen LogP contribution < -0.4 is 0 Å². The Hall–Kier alpha value is -0.360. The third-order valence-corrected chi connectivity index (χ3v) is 4.30. The topological polar surface area (TPSA) is 138 Å². The summed E-state index contributed by atoms with van der Waals surface area (Å²) in [5, 5.41) is 48.6. The number of hydrogen-bond donors (Lipinski definition) is 5. The van der Waals surface area contributed by atoms with Crippen molar-refractivity contribution in [3.8, 4) is 0 Å². The molecule has 3 aliphatic rings. The van der Waals surface area contributed by atoms with E-state index < -0.39 is 48.7 Å². The molecule has 21 heavy (non-hydrogen) atoms. The lowest BCUT2D eigenvalue weighted by molar-refractivity contribution is -0.424. The van der Waals surface area contributed by atoms with Gasteiger partial charge in [-0.1, -0.05) is 0 Å². The lowest BCUT2D eigenvalue weighted by Gasteiger charge is -2.49. The predicted octanol–water partition coefficient (Wildman–Crippen LogP) is -3.32. The van der Waals surface area contributed by atoms with Crippen LogP contribution in [0.5, 0.6) is 0 Å². The number of ether oxygens (including phenoxy) is 4. The minimum atomic E-state index is -1.62. The van der Waals surface area contributed by atoms with Crippen LogP contribution in [0.4, 0.5) is 0 Å². The van der Waals surface area contributed by atoms with Gasteiger partial charge in [-0.3, -0.25) is 0 Å². The van der Waals surface area contributed by atoms with Gasteiger partial charge in [0, 0.05) is 0 Å². The number of aliphatic hydroxyl groups is 5. The van der Waals surface area contributed by atoms with E-state index >= 15 is 0 Å². The Morgan fingerprint density at radius 2 is 1.57 bits per heavy atom. The number of aliphatic hydroxyl groups excluding tert-OH is 5. The minimum absolute atomic E-state index is 0.194. The molecule has 9 heteroatoms. The SMILES string of the molecule is OC[C@H]1O[C@@]2(CO[C@]3(CO2)OCC[C@@H](O)[C@@H]3O)[C@@H](O)[C@@H]1O. The van der Waals surface area contributed by atoms with E-state index in [0.717, 1.165) is 0 Å². The van der Waals surface area contributed by atoms with Crippen LogP contribution in [-0.4, -0.2) is 94.1 Å². The second-order valence-corrected chi connectivity index (χ2v) is 5.62. The fraction of sp³-hybridized carbons (Fsp3) is 1.00. The molecule has 3 saturated heterocycles. The van der Waals surface area contributed by atoms with Crippen LogP contribution in [-0.2, 0) is 18.9 Å². The van der Waals surface area contributed by atoms with Crippen molar-refractivity contribution in [3.63, 3.8) is 0 Å². The summed E-state index contributed by atoms with van der Waals surface area (Å²) in [6.45, 7) is -0.884. The first-order valence-electron chi connectivity index (χ1n) is 6.87. The lowest BCUT2D eigenvalue weighted by atomic mass is 9.97. The molecule has 0 aromatic rings. The van der Waals surface area contributed by atoms with Crippen molar-refractivity contribution in [1.29, 1.82) is 0 Å². The van der Waals surface area contributed by atoms with E-state index in [1.807, 2.05) is 0 Å². The van der Waals surface area contributed by atoms with Crippen molar-refractivity contribution in [2.24, 2.45) is 0 Å². The van der Waals surface area contributed by atoms with Crippen LogP contribution >= 0.6 is 0 Å². The summed E-state index contributed by atoms with van der Waals surface area (Å²) in [6.07, 6.45) is -5.71. The smallest absolute Gasteiger partial charge is 0.222 e. The predicted molar refractivity (Wildman–Crippen MR) is 63.9 cm³/mol. The van der Waals surface area contributed by atoms with Crippen LogP contribution in [0, 0.1) is 0 Å². The maximum Gasteiger partial charge on any atom is 0.222 e. The third kappa shape index (κ3) is 2.29. The molecule has 3 rings (SSSR count). The summed E-state index contributed by atoms with van der Waals surface area (Å²) in [6, 6.07) is 0. The minimum Gasteiger partial charge on any atom is -0.394 e. The van der Waals surface area contributed by atoms with Gasteiger partial charge in [0.15, 0.2) is 0 Å². The van der Waals surface area contributed by atoms with E-state index in [9.17, 15) is 20.4 Å². The van der Waals surface area contributed by atoms with E-state index in [-0.39, 0.29) is 26.2 Å². The Labute approximate surface area is 120 Å². The van der Waals surface area contributed by atoms with Crippen molar-refractivity contribution < 1.29 is 44.5 Å². The highest BCUT2D eigenvalue weighted by molar-refractivity contribution is 5.01. The second-order valence-electron chi connectivity index (χ2n) is 5.62. The monoisotopic (exact) mass is 308 g/mol. The van der Waals surface area contributed by atoms with Crippen molar-refractivity contribution in [2.75, 3.05) is 26.4 Å². The summed E-state index contributed by atoms with van der Waals surface area (Å²) in [5.41, 5.74) is 0. The van der Waals surface area contributed by atoms with Gasteiger partial charge >= 0.3 is 0 Å². The zero-order chi connectivity index (χ0) is 15.3. The fourth-order valence-electron chi connectivity index (χ4n) is 2.91. The first-order valence-corrected chi connectivity index (χ1v) is 6.87. The number of hydrogen-bond acceptors (Lipinski definition) is 9. The molecular formula is C12H20O9. The highest BCUT2D eigenvalue weighted by Crippen LogP contribution is 2.40. The summed E-state index contributed by atoms with van der Waals surface area (Å²) in [7, 11) is 0. The summed E-state index contributed by atoms with van der Waals surface area (Å²) >= 11 is 0. The normalized spacial score (nSPS) is 54.4. The molecule has 0 amide bonds. The quantitative estimate of drug-likeness (QED) is 0.337. The maximum atomic E-state index is 10.0. The van der Waals surface area contributed by atoms with Crippen molar-refractivity contribution in [2.45, 2.75) is 48.5 Å². The van der Waals surface area contributed by atoms with Gasteiger partial charge in [-0.05, 0) is 6.42 Å². The van der Waals surface area contributed by atoms with Gasteiger partial charge in [0.25, 0.3) is 0 Å². The van der Waals surface area contributed by atoms with E-state index in [1.165, 1.54) is 0 Å². The van der Waals surface area contributed by atoms with Crippen molar-refractivity contribution in [1.82, 2.24) is 0 Å². The number of rotatable bonds is 1. The van der Waals surface area contributed by atoms with Gasteiger partial charge in [0.1, 0.15) is 37.6 Å². The molecule has 0 aromatic heterocycles. The van der Waals surface area contributed by atoms with Crippen molar-refractivity contribution >= 4 is 0 Å². The molecule has 3 aliphatic heterocycles. The lowest BCUT2D eigenvalue weighted by Crippen LogP contribution is -2.67. The molecule has 3 fully saturated rings. The van der Waals surface area contributed by atoms with Gasteiger partial charge < -0.3 is 44.5 Å². The molecule has 0 aliphatic carbocycles. The van der Waals surface area contributed by atoms with E-state index in [0.29, 0.717) is 0 Å². The van der Waals surface area contributed by atoms with E-state index in [2.05, 4.69) is 0 Å². The maximum absolute atomic E-state index is 10.0. The van der Waals surface area contributed by atoms with E-state index in [1.54, 1.807) is 0 Å². The zero-order valence-corrected chi connectivity index (χ0v) is 11.3. The molecule has 7 atom stereocenters. The highest BCUT2D eigenvalue weighted by Gasteiger charge is 2.62. The van der Waals surface area contributed by atoms with Gasteiger partial charge in [-0.2, -0.15) is 0 Å². The van der Waals surface area contributed by atoms with Gasteiger partial charge in [0.05, 0.1) is 19.3 Å². The molecule has 0 aromatic carbocycles. The Kier molecular flexibility index (Phi) is 3.97. The molecule has 5 N–H and O–H groups in total. The molecule has 122 valence electrons. The largest absolute Gasteiger partial charge is 0.394 e. The summed E-state index contributed by atoms with van der Waals surface area (Å²) in [4.78, 5) is 0. The van der Waals surface area contributed by atoms with Crippen molar-refractivity contribution in [3.05, 3.63) is 0 Å². The highest BCUT2D eigenvalue weighted by atomic mass is 16.8. The first kappa shape index (κ1) is 15.5. The molecular weight excluding hydrogens is 288 g/mol. The standard InChI is InChI=1S/C12H20O9/c13-3-7-8(15)10(17)12(21-7)5-19-11(4-20-12)9(16)6(14)1-2-18-11/h6-10,13-17H,1-5H2/t6-,7-,8-,9+,10+,11+,12+/m1/s1. The Morgan fingerprint density at radius 3 is 2.14 bits per heavy atom. The van der Waals surface area contributed by atoms with Crippen LogP contribution in [0.3, 0.4) is 0 Å². The van der Waals surface area contributed by atoms with Crippen LogP contribution in [0.1, 0.15) is 6.42 Å². The molecule has 0 radical (unpaired) electrons. The zero-order valence-electron chi connectivity index (χ0n) is 11.3.